The third-order valence-corrected chi connectivity index (χ3v) is 3.55. The summed E-state index contributed by atoms with van der Waals surface area (Å²) in [7, 11) is 1.64. The fourth-order valence-electron chi connectivity index (χ4n) is 2.47. The summed E-state index contributed by atoms with van der Waals surface area (Å²) in [6, 6.07) is 9.66. The summed E-state index contributed by atoms with van der Waals surface area (Å²) >= 11 is 0. The van der Waals surface area contributed by atoms with Gasteiger partial charge in [-0.2, -0.15) is 5.10 Å². The fraction of sp³-hybridized carbons (Fsp3) is 0.333. The third kappa shape index (κ3) is 3.83. The Morgan fingerprint density at radius 2 is 1.96 bits per heavy atom. The van der Waals surface area contributed by atoms with Gasteiger partial charge in [-0.1, -0.05) is 12.1 Å². The van der Waals surface area contributed by atoms with Crippen LogP contribution in [0.3, 0.4) is 0 Å². The normalized spacial score (nSPS) is 11.7. The van der Waals surface area contributed by atoms with Crippen molar-refractivity contribution < 1.29 is 14.3 Å². The summed E-state index contributed by atoms with van der Waals surface area (Å²) in [5.41, 5.74) is 1.05. The van der Waals surface area contributed by atoms with Crippen LogP contribution >= 0.6 is 0 Å². The number of hydrogen-bond donors (Lipinski definition) is 1. The molecule has 0 saturated heterocycles. The minimum Gasteiger partial charge on any atom is -0.497 e. The van der Waals surface area contributed by atoms with E-state index in [0.717, 1.165) is 16.9 Å². The molecule has 0 spiro atoms. The smallest absolute Gasteiger partial charge is 0.161 e. The number of benzene rings is 1. The van der Waals surface area contributed by atoms with Crippen LogP contribution in [0, 0.1) is 0 Å². The molecule has 3 aromatic rings. The van der Waals surface area contributed by atoms with E-state index in [1.54, 1.807) is 38.2 Å². The third-order valence-electron chi connectivity index (χ3n) is 3.55. The van der Waals surface area contributed by atoms with Gasteiger partial charge in [-0.05, 0) is 37.6 Å². The molecule has 0 bridgehead atoms. The van der Waals surface area contributed by atoms with Crippen molar-refractivity contribution in [2.45, 2.75) is 32.4 Å². The number of aliphatic hydroxyl groups is 1. The Hall–Kier alpha value is -2.60. The van der Waals surface area contributed by atoms with E-state index in [1.807, 2.05) is 30.3 Å². The predicted octanol–water partition coefficient (Wildman–Crippen LogP) is 2.91. The van der Waals surface area contributed by atoms with E-state index in [1.165, 1.54) is 0 Å². The van der Waals surface area contributed by atoms with Gasteiger partial charge in [-0.15, -0.1) is 0 Å². The molecular weight excluding hydrogens is 306 g/mol. The Labute approximate surface area is 140 Å². The number of aromatic nitrogens is 3. The lowest BCUT2D eigenvalue weighted by Crippen LogP contribution is -2.27. The summed E-state index contributed by atoms with van der Waals surface area (Å²) in [5, 5.41) is 14.7. The molecule has 2 aromatic heterocycles. The molecule has 6 nitrogen and oxygen atoms in total. The van der Waals surface area contributed by atoms with Gasteiger partial charge in [0.1, 0.15) is 12.0 Å². The van der Waals surface area contributed by atoms with Gasteiger partial charge in [0.05, 0.1) is 31.1 Å². The van der Waals surface area contributed by atoms with E-state index in [4.69, 9.17) is 9.15 Å². The van der Waals surface area contributed by atoms with E-state index >= 15 is 0 Å². The fourth-order valence-corrected chi connectivity index (χ4v) is 2.47. The zero-order valence-corrected chi connectivity index (χ0v) is 14.1. The Kier molecular flexibility index (Phi) is 4.40. The van der Waals surface area contributed by atoms with E-state index in [-0.39, 0.29) is 0 Å². The molecule has 0 aliphatic rings. The summed E-state index contributed by atoms with van der Waals surface area (Å²) < 4.78 is 12.0. The maximum atomic E-state index is 10.1. The zero-order chi connectivity index (χ0) is 17.2. The topological polar surface area (TPSA) is 73.3 Å². The van der Waals surface area contributed by atoms with Gasteiger partial charge >= 0.3 is 0 Å². The molecule has 0 aliphatic carbocycles. The van der Waals surface area contributed by atoms with E-state index in [0.29, 0.717) is 24.6 Å². The first kappa shape index (κ1) is 16.3. The van der Waals surface area contributed by atoms with E-state index < -0.39 is 5.60 Å². The molecule has 0 unspecified atom stereocenters. The minimum absolute atomic E-state index is 0.350. The molecule has 0 fully saturated rings. The molecular formula is C18H21N3O3. The molecule has 24 heavy (non-hydrogen) atoms. The van der Waals surface area contributed by atoms with Gasteiger partial charge in [-0.3, -0.25) is 0 Å². The number of furan rings is 1. The lowest BCUT2D eigenvalue weighted by Gasteiger charge is -2.17. The highest BCUT2D eigenvalue weighted by molar-refractivity contribution is 5.53. The van der Waals surface area contributed by atoms with Crippen molar-refractivity contribution >= 4 is 0 Å². The molecule has 1 aromatic carbocycles. The van der Waals surface area contributed by atoms with Crippen molar-refractivity contribution in [1.82, 2.24) is 14.8 Å². The molecule has 0 saturated carbocycles. The summed E-state index contributed by atoms with van der Waals surface area (Å²) in [5.74, 6) is 2.20. The average molecular weight is 327 g/mol. The monoisotopic (exact) mass is 327 g/mol. The molecule has 0 amide bonds. The van der Waals surface area contributed by atoms with Crippen LogP contribution < -0.4 is 4.74 Å². The molecule has 0 atom stereocenters. The molecule has 1 N–H and O–H groups in total. The number of methoxy groups -OCH3 is 1. The van der Waals surface area contributed by atoms with Crippen LogP contribution in [0.1, 0.15) is 25.2 Å². The number of hydrogen-bond acceptors (Lipinski definition) is 5. The average Bonchev–Trinajstić information content (AvgIpc) is 3.16. The second kappa shape index (κ2) is 6.49. The predicted molar refractivity (Wildman–Crippen MR) is 89.8 cm³/mol. The van der Waals surface area contributed by atoms with Crippen molar-refractivity contribution in [1.29, 1.82) is 0 Å². The lowest BCUT2D eigenvalue weighted by atomic mass is 10.1. The lowest BCUT2D eigenvalue weighted by molar-refractivity contribution is 0.0581. The van der Waals surface area contributed by atoms with Gasteiger partial charge in [0, 0.05) is 6.42 Å². The van der Waals surface area contributed by atoms with Crippen molar-refractivity contribution in [2.75, 3.05) is 7.11 Å². The second-order valence-electron chi connectivity index (χ2n) is 6.36. The number of nitrogens with zero attached hydrogens (tertiary/aromatic N) is 3. The van der Waals surface area contributed by atoms with Gasteiger partial charge in [0.25, 0.3) is 0 Å². The van der Waals surface area contributed by atoms with Crippen LogP contribution in [-0.2, 0) is 13.0 Å². The Morgan fingerprint density at radius 1 is 1.21 bits per heavy atom. The zero-order valence-electron chi connectivity index (χ0n) is 14.1. The highest BCUT2D eigenvalue weighted by atomic mass is 16.5. The van der Waals surface area contributed by atoms with E-state index in [2.05, 4.69) is 10.1 Å². The Balaban J connectivity index is 1.89. The Morgan fingerprint density at radius 3 is 2.54 bits per heavy atom. The quantitative estimate of drug-likeness (QED) is 0.753. The summed E-state index contributed by atoms with van der Waals surface area (Å²) in [4.78, 5) is 4.62. The maximum absolute atomic E-state index is 10.1. The SMILES string of the molecule is COc1ccc(Cc2nc(-c3ccoc3)n(CC(C)(C)O)n2)cc1. The van der Waals surface area contributed by atoms with Crippen molar-refractivity contribution in [3.8, 4) is 17.1 Å². The highest BCUT2D eigenvalue weighted by Crippen LogP contribution is 2.21. The first-order chi connectivity index (χ1) is 11.4. The van der Waals surface area contributed by atoms with Gasteiger partial charge < -0.3 is 14.3 Å². The van der Waals surface area contributed by atoms with Crippen LogP contribution in [0.15, 0.2) is 47.3 Å². The van der Waals surface area contributed by atoms with E-state index in [9.17, 15) is 5.11 Å². The molecule has 0 radical (unpaired) electrons. The van der Waals surface area contributed by atoms with Crippen molar-refractivity contribution in [3.05, 3.63) is 54.2 Å². The van der Waals surface area contributed by atoms with Crippen molar-refractivity contribution in [2.24, 2.45) is 0 Å². The molecule has 6 heteroatoms. The first-order valence-electron chi connectivity index (χ1n) is 7.76. The standard InChI is InChI=1S/C18H21N3O3/c1-18(2,22)12-21-17(14-8-9-24-11-14)19-16(20-21)10-13-4-6-15(23-3)7-5-13/h4-9,11,22H,10,12H2,1-3H3. The minimum atomic E-state index is -0.885. The molecule has 0 aliphatic heterocycles. The summed E-state index contributed by atoms with van der Waals surface area (Å²) in [6.45, 7) is 3.84. The first-order valence-corrected chi connectivity index (χ1v) is 7.76. The number of ether oxygens (including phenoxy) is 1. The van der Waals surface area contributed by atoms with Gasteiger partial charge in [0.2, 0.25) is 0 Å². The molecule has 126 valence electrons. The molecule has 3 rings (SSSR count). The van der Waals surface area contributed by atoms with Crippen LogP contribution in [0.25, 0.3) is 11.4 Å². The Bertz CT molecular complexity index is 784. The largest absolute Gasteiger partial charge is 0.497 e. The number of rotatable bonds is 6. The van der Waals surface area contributed by atoms with Gasteiger partial charge in [0.15, 0.2) is 11.6 Å². The maximum Gasteiger partial charge on any atom is 0.161 e. The van der Waals surface area contributed by atoms with Gasteiger partial charge in [-0.25, -0.2) is 9.67 Å². The van der Waals surface area contributed by atoms with Crippen LogP contribution in [-0.4, -0.2) is 32.6 Å². The van der Waals surface area contributed by atoms with Crippen molar-refractivity contribution in [3.63, 3.8) is 0 Å². The second-order valence-corrected chi connectivity index (χ2v) is 6.36. The van der Waals surface area contributed by atoms with Crippen LogP contribution in [0.4, 0.5) is 0 Å². The van der Waals surface area contributed by atoms with Crippen LogP contribution in [0.2, 0.25) is 0 Å². The highest BCUT2D eigenvalue weighted by Gasteiger charge is 2.20. The van der Waals surface area contributed by atoms with Crippen LogP contribution in [0.5, 0.6) is 5.75 Å². The summed E-state index contributed by atoms with van der Waals surface area (Å²) in [6.07, 6.45) is 3.83. The molecule has 2 heterocycles.